The lowest BCUT2D eigenvalue weighted by Gasteiger charge is -2.32. The number of nitriles is 1. The molecule has 1 aliphatic heterocycles. The van der Waals surface area contributed by atoms with E-state index in [9.17, 15) is 10.1 Å². The van der Waals surface area contributed by atoms with Crippen molar-refractivity contribution < 1.29 is 4.79 Å². The van der Waals surface area contributed by atoms with Gasteiger partial charge in [-0.1, -0.05) is 18.2 Å². The number of amides is 1. The summed E-state index contributed by atoms with van der Waals surface area (Å²) in [5.74, 6) is -0.222. The Labute approximate surface area is 159 Å². The lowest BCUT2D eigenvalue weighted by atomic mass is 10.2. The zero-order chi connectivity index (χ0) is 19.1. The molecule has 0 bridgehead atoms. The summed E-state index contributed by atoms with van der Waals surface area (Å²) >= 11 is 0. The summed E-state index contributed by atoms with van der Waals surface area (Å²) in [5.41, 5.74) is 2.91. The van der Waals surface area contributed by atoms with E-state index in [4.69, 9.17) is 0 Å². The summed E-state index contributed by atoms with van der Waals surface area (Å²) in [7, 11) is 2.03. The molecule has 0 saturated carbocycles. The van der Waals surface area contributed by atoms with Gasteiger partial charge in [-0.05, 0) is 43.4 Å². The van der Waals surface area contributed by atoms with Crippen molar-refractivity contribution in [3.8, 4) is 6.07 Å². The van der Waals surface area contributed by atoms with Gasteiger partial charge in [0.25, 0.3) is 5.91 Å². The molecular formula is C21H23N5O. The number of carbonyl (C=O) groups excluding carboxylic acids is 1. The quantitative estimate of drug-likeness (QED) is 0.633. The highest BCUT2D eigenvalue weighted by Crippen LogP contribution is 2.19. The molecule has 0 radical (unpaired) electrons. The van der Waals surface area contributed by atoms with E-state index in [0.717, 1.165) is 30.2 Å². The number of hydrogen-bond donors (Lipinski definition) is 2. The maximum atomic E-state index is 12.5. The third kappa shape index (κ3) is 5.09. The molecule has 0 spiro atoms. The molecule has 6 heteroatoms. The number of para-hydroxylation sites is 1. The van der Waals surface area contributed by atoms with Crippen LogP contribution < -0.4 is 10.6 Å². The third-order valence-corrected chi connectivity index (χ3v) is 4.47. The van der Waals surface area contributed by atoms with Crippen molar-refractivity contribution in [2.45, 2.75) is 0 Å². The highest BCUT2D eigenvalue weighted by atomic mass is 16.2. The number of piperazine rings is 1. The summed E-state index contributed by atoms with van der Waals surface area (Å²) < 4.78 is 0. The highest BCUT2D eigenvalue weighted by molar-refractivity contribution is 5.97. The standard InChI is InChI=1S/C21H23N5O/c1-25-11-13-26(14-12-25)21(27)17(15-22)16-23-18-7-9-20(10-8-18)24-19-5-3-2-4-6-19/h2-10,16,23-24H,11-14H2,1H3/b17-16-. The molecule has 0 aliphatic carbocycles. The fourth-order valence-electron chi connectivity index (χ4n) is 2.82. The molecule has 2 aromatic rings. The second kappa shape index (κ2) is 8.88. The Morgan fingerprint density at radius 1 is 0.963 bits per heavy atom. The van der Waals surface area contributed by atoms with Crippen LogP contribution in [-0.4, -0.2) is 48.9 Å². The van der Waals surface area contributed by atoms with Crippen LogP contribution in [0.5, 0.6) is 0 Å². The Morgan fingerprint density at radius 3 is 2.19 bits per heavy atom. The van der Waals surface area contributed by atoms with Crippen LogP contribution >= 0.6 is 0 Å². The van der Waals surface area contributed by atoms with Crippen molar-refractivity contribution in [2.24, 2.45) is 0 Å². The predicted octanol–water partition coefficient (Wildman–Crippen LogP) is 3.02. The van der Waals surface area contributed by atoms with Crippen molar-refractivity contribution in [3.63, 3.8) is 0 Å². The van der Waals surface area contributed by atoms with Gasteiger partial charge in [-0.15, -0.1) is 0 Å². The molecule has 27 heavy (non-hydrogen) atoms. The van der Waals surface area contributed by atoms with E-state index < -0.39 is 0 Å². The van der Waals surface area contributed by atoms with Gasteiger partial charge >= 0.3 is 0 Å². The number of hydrogen-bond acceptors (Lipinski definition) is 5. The molecule has 3 rings (SSSR count). The van der Waals surface area contributed by atoms with Crippen LogP contribution in [0.3, 0.4) is 0 Å². The molecule has 1 aliphatic rings. The van der Waals surface area contributed by atoms with E-state index in [2.05, 4.69) is 15.5 Å². The lowest BCUT2D eigenvalue weighted by Crippen LogP contribution is -2.47. The molecule has 6 nitrogen and oxygen atoms in total. The molecule has 0 atom stereocenters. The molecule has 1 amide bonds. The van der Waals surface area contributed by atoms with Crippen LogP contribution in [0.25, 0.3) is 0 Å². The van der Waals surface area contributed by atoms with Crippen LogP contribution in [0.2, 0.25) is 0 Å². The summed E-state index contributed by atoms with van der Waals surface area (Å²) in [6.07, 6.45) is 1.49. The maximum absolute atomic E-state index is 12.5. The first-order chi connectivity index (χ1) is 13.2. The number of benzene rings is 2. The van der Waals surface area contributed by atoms with Gasteiger partial charge < -0.3 is 20.4 Å². The summed E-state index contributed by atoms with van der Waals surface area (Å²) in [4.78, 5) is 16.4. The minimum absolute atomic E-state index is 0.117. The molecule has 1 saturated heterocycles. The number of likely N-dealkylation sites (N-methyl/N-ethyl adjacent to an activating group) is 1. The van der Waals surface area contributed by atoms with Gasteiger partial charge in [-0.25, -0.2) is 0 Å². The zero-order valence-electron chi connectivity index (χ0n) is 15.4. The van der Waals surface area contributed by atoms with E-state index in [1.807, 2.05) is 67.7 Å². The van der Waals surface area contributed by atoms with Gasteiger partial charge in [0.15, 0.2) is 0 Å². The fourth-order valence-corrected chi connectivity index (χ4v) is 2.82. The largest absolute Gasteiger partial charge is 0.360 e. The lowest BCUT2D eigenvalue weighted by molar-refractivity contribution is -0.128. The molecule has 2 N–H and O–H groups in total. The van der Waals surface area contributed by atoms with E-state index in [-0.39, 0.29) is 11.5 Å². The van der Waals surface area contributed by atoms with Crippen molar-refractivity contribution in [2.75, 3.05) is 43.9 Å². The Kier molecular flexibility index (Phi) is 6.08. The number of carbonyl (C=O) groups is 1. The van der Waals surface area contributed by atoms with Crippen LogP contribution in [0.1, 0.15) is 0 Å². The van der Waals surface area contributed by atoms with Gasteiger partial charge in [-0.2, -0.15) is 5.26 Å². The SMILES string of the molecule is CN1CCN(C(=O)/C(C#N)=C\Nc2ccc(Nc3ccccc3)cc2)CC1. The minimum Gasteiger partial charge on any atom is -0.360 e. The Hall–Kier alpha value is -3.30. The number of nitrogens with zero attached hydrogens (tertiary/aromatic N) is 3. The summed E-state index contributed by atoms with van der Waals surface area (Å²) in [6.45, 7) is 2.95. The monoisotopic (exact) mass is 361 g/mol. The van der Waals surface area contributed by atoms with E-state index in [1.165, 1.54) is 6.20 Å². The number of anilines is 3. The number of nitrogens with one attached hydrogen (secondary N) is 2. The summed E-state index contributed by atoms with van der Waals surface area (Å²) in [5, 5.41) is 15.7. The van der Waals surface area contributed by atoms with Crippen molar-refractivity contribution >= 4 is 23.0 Å². The second-order valence-corrected chi connectivity index (χ2v) is 6.48. The first-order valence-corrected chi connectivity index (χ1v) is 8.92. The van der Waals surface area contributed by atoms with Gasteiger partial charge in [0.1, 0.15) is 11.6 Å². The van der Waals surface area contributed by atoms with Gasteiger partial charge in [0.05, 0.1) is 0 Å². The smallest absolute Gasteiger partial charge is 0.266 e. The van der Waals surface area contributed by atoms with Crippen LogP contribution in [0, 0.1) is 11.3 Å². The molecule has 1 heterocycles. The molecule has 0 unspecified atom stereocenters. The van der Waals surface area contributed by atoms with Crippen molar-refractivity contribution in [1.29, 1.82) is 5.26 Å². The normalized spacial score (nSPS) is 15.1. The van der Waals surface area contributed by atoms with Crippen molar-refractivity contribution in [1.82, 2.24) is 9.80 Å². The maximum Gasteiger partial charge on any atom is 0.266 e. The molecule has 0 aromatic heterocycles. The fraction of sp³-hybridized carbons (Fsp3) is 0.238. The Morgan fingerprint density at radius 2 is 1.56 bits per heavy atom. The molecular weight excluding hydrogens is 338 g/mol. The first kappa shape index (κ1) is 18.5. The zero-order valence-corrected chi connectivity index (χ0v) is 15.4. The van der Waals surface area contributed by atoms with Gasteiger partial charge in [0, 0.05) is 49.4 Å². The topological polar surface area (TPSA) is 71.4 Å². The third-order valence-electron chi connectivity index (χ3n) is 4.47. The molecule has 1 fully saturated rings. The van der Waals surface area contributed by atoms with Gasteiger partial charge in [0.2, 0.25) is 0 Å². The average molecular weight is 361 g/mol. The average Bonchev–Trinajstić information content (AvgIpc) is 2.71. The van der Waals surface area contributed by atoms with Crippen LogP contribution in [-0.2, 0) is 4.79 Å². The second-order valence-electron chi connectivity index (χ2n) is 6.48. The van der Waals surface area contributed by atoms with Gasteiger partial charge in [-0.3, -0.25) is 4.79 Å². The van der Waals surface area contributed by atoms with E-state index in [0.29, 0.717) is 13.1 Å². The van der Waals surface area contributed by atoms with Crippen molar-refractivity contribution in [3.05, 3.63) is 66.4 Å². The summed E-state index contributed by atoms with van der Waals surface area (Å²) in [6, 6.07) is 19.6. The Bertz CT molecular complexity index is 831. The molecule has 138 valence electrons. The van der Waals surface area contributed by atoms with Crippen LogP contribution in [0.4, 0.5) is 17.1 Å². The highest BCUT2D eigenvalue weighted by Gasteiger charge is 2.22. The first-order valence-electron chi connectivity index (χ1n) is 8.92. The van der Waals surface area contributed by atoms with E-state index >= 15 is 0 Å². The van der Waals surface area contributed by atoms with Crippen LogP contribution in [0.15, 0.2) is 66.4 Å². The van der Waals surface area contributed by atoms with E-state index in [1.54, 1.807) is 4.90 Å². The Balaban J connectivity index is 1.60. The molecule has 2 aromatic carbocycles. The predicted molar refractivity (Wildman–Crippen MR) is 108 cm³/mol. The number of rotatable bonds is 5. The minimum atomic E-state index is -0.222.